The lowest BCUT2D eigenvalue weighted by atomic mass is 11.6. The van der Waals surface area contributed by atoms with Gasteiger partial charge in [-0.25, -0.2) is 5.09 Å². The molecule has 1 aromatic rings. The van der Waals surface area contributed by atoms with Gasteiger partial charge in [-0.1, -0.05) is 0 Å². The molecule has 1 aromatic heterocycles. The van der Waals surface area contributed by atoms with Gasteiger partial charge in [0, 0.05) is 17.0 Å². The van der Waals surface area contributed by atoms with Gasteiger partial charge in [-0.05, 0) is 7.05 Å². The fourth-order valence-electron chi connectivity index (χ4n) is 0.355. The van der Waals surface area contributed by atoms with Gasteiger partial charge in [0.15, 0.2) is 0 Å². The minimum Gasteiger partial charge on any atom is -0.314 e. The molecule has 0 spiro atoms. The molecule has 0 bridgehead atoms. The Balaban J connectivity index is 2.99. The van der Waals surface area contributed by atoms with Crippen LogP contribution in [0, 0.1) is 0 Å². The van der Waals surface area contributed by atoms with Gasteiger partial charge in [-0.2, -0.15) is 4.51 Å². The Bertz CT molecular complexity index is 208. The van der Waals surface area contributed by atoms with E-state index in [-0.39, 0.29) is 0 Å². The smallest absolute Gasteiger partial charge is 0.140 e. The normalized spacial score (nSPS) is 13.1. The van der Waals surface area contributed by atoms with Crippen LogP contribution >= 0.6 is 33.5 Å². The second-order valence-electron chi connectivity index (χ2n) is 1.32. The van der Waals surface area contributed by atoms with Gasteiger partial charge in [0.1, 0.15) is 16.5 Å². The summed E-state index contributed by atoms with van der Waals surface area (Å²) in [7, 11) is 3.56. The van der Waals surface area contributed by atoms with Gasteiger partial charge in [0.2, 0.25) is 0 Å². The lowest BCUT2D eigenvalue weighted by Crippen LogP contribution is -1.81. The first-order valence-corrected chi connectivity index (χ1v) is 6.71. The Morgan fingerprint density at radius 2 is 2.50 bits per heavy atom. The molecule has 10 heavy (non-hydrogen) atoms. The molecular weight excluding hydrogens is 206 g/mol. The largest absolute Gasteiger partial charge is 0.314 e. The summed E-state index contributed by atoms with van der Waals surface area (Å²) in [4.78, 5) is 0. The standard InChI is InChI=1S/CH9N5P4/c1-2-10-5-8-3-7-4-9-6-10/h2-3,5,7-8H,1H3,(H,4,6). The van der Waals surface area contributed by atoms with E-state index in [0.717, 1.165) is 8.51 Å². The van der Waals surface area contributed by atoms with Crippen LogP contribution in [0.5, 0.6) is 0 Å². The molecule has 0 radical (unpaired) electrons. The molecule has 0 amide bonds. The zero-order chi connectivity index (χ0) is 7.23. The van der Waals surface area contributed by atoms with Gasteiger partial charge < -0.3 is 9.02 Å². The predicted octanol–water partition coefficient (Wildman–Crippen LogP) is 2.12. The highest BCUT2D eigenvalue weighted by Gasteiger charge is 1.77. The van der Waals surface area contributed by atoms with Crippen LogP contribution in [0.2, 0.25) is 0 Å². The third-order valence-corrected chi connectivity index (χ3v) is 5.38. The molecule has 58 valence electrons. The van der Waals surface area contributed by atoms with Gasteiger partial charge in [0.25, 0.3) is 0 Å². The number of nitrogens with zero attached hydrogens (tertiary/aromatic N) is 1. The van der Waals surface area contributed by atoms with Crippen LogP contribution in [0.4, 0.5) is 0 Å². The lowest BCUT2D eigenvalue weighted by Gasteiger charge is -1.91. The van der Waals surface area contributed by atoms with Gasteiger partial charge in [-0.15, -0.1) is 0 Å². The van der Waals surface area contributed by atoms with Crippen molar-refractivity contribution in [1.29, 1.82) is 0 Å². The van der Waals surface area contributed by atoms with Crippen molar-refractivity contribution in [2.45, 2.75) is 0 Å². The van der Waals surface area contributed by atoms with E-state index in [1.165, 1.54) is 0 Å². The van der Waals surface area contributed by atoms with Gasteiger partial charge in [0.05, 0.1) is 0 Å². The molecule has 9 heteroatoms. The first-order chi connectivity index (χ1) is 4.93. The summed E-state index contributed by atoms with van der Waals surface area (Å²) in [5.74, 6) is 0. The summed E-state index contributed by atoms with van der Waals surface area (Å²) in [5.41, 5.74) is 0. The number of nitrogens with one attached hydrogen (secondary N) is 4. The number of hydrogen-bond donors (Lipinski definition) is 4. The monoisotopic (exact) mass is 215 g/mol. The van der Waals surface area contributed by atoms with Gasteiger partial charge in [-0.3, -0.25) is 4.51 Å². The van der Waals surface area contributed by atoms with Crippen LogP contribution < -0.4 is 5.09 Å². The Morgan fingerprint density at radius 1 is 1.60 bits per heavy atom. The summed E-state index contributed by atoms with van der Waals surface area (Å²) in [6.07, 6.45) is 0. The van der Waals surface area contributed by atoms with Crippen LogP contribution in [0.3, 0.4) is 0 Å². The van der Waals surface area contributed by atoms with Crippen molar-refractivity contribution in [3.63, 3.8) is 0 Å². The van der Waals surface area contributed by atoms with E-state index < -0.39 is 8.00 Å². The zero-order valence-corrected chi connectivity index (χ0v) is 9.13. The highest BCUT2D eigenvalue weighted by Crippen LogP contribution is 2.14. The van der Waals surface area contributed by atoms with E-state index in [9.17, 15) is 0 Å². The molecule has 4 N–H and O–H groups in total. The quantitative estimate of drug-likeness (QED) is 0.579. The number of rotatable bonds is 1. The molecule has 3 unspecified atom stereocenters. The number of H-pyrrole nitrogens is 3. The molecule has 0 aliphatic heterocycles. The van der Waals surface area contributed by atoms with Crippen LogP contribution in [-0.4, -0.2) is 25.1 Å². The molecule has 0 saturated carbocycles. The summed E-state index contributed by atoms with van der Waals surface area (Å²) in [6, 6.07) is 0. The first kappa shape index (κ1) is 8.46. The molecule has 1 rings (SSSR count). The fraction of sp³-hybridized carbons (Fsp3) is 1.00. The third kappa shape index (κ3) is 2.96. The highest BCUT2D eigenvalue weighted by molar-refractivity contribution is 7.53. The van der Waals surface area contributed by atoms with Crippen molar-refractivity contribution in [3.05, 3.63) is 0 Å². The van der Waals surface area contributed by atoms with Crippen molar-refractivity contribution in [2.75, 3.05) is 12.1 Å². The minimum absolute atomic E-state index is 0.509. The number of hydrogen-bond acceptors (Lipinski definition) is 2. The summed E-state index contributed by atoms with van der Waals surface area (Å²) in [5, 5.41) is 3.08. The van der Waals surface area contributed by atoms with E-state index in [2.05, 4.69) is 23.1 Å². The minimum atomic E-state index is -0.509. The number of aromatic nitrogens is 4. The average molecular weight is 215 g/mol. The third-order valence-electron chi connectivity index (χ3n) is 0.739. The van der Waals surface area contributed by atoms with Gasteiger partial charge >= 0.3 is 0 Å². The second-order valence-corrected chi connectivity index (χ2v) is 6.60. The molecule has 1 heterocycles. The van der Waals surface area contributed by atoms with Crippen molar-refractivity contribution in [1.82, 2.24) is 18.0 Å². The summed E-state index contributed by atoms with van der Waals surface area (Å²) in [6.45, 7) is 0. The maximum absolute atomic E-state index is 4.28. The maximum Gasteiger partial charge on any atom is 0.140 e. The van der Waals surface area contributed by atoms with Crippen LogP contribution in [0.25, 0.3) is 0 Å². The lowest BCUT2D eigenvalue weighted by molar-refractivity contribution is 1.61. The summed E-state index contributed by atoms with van der Waals surface area (Å²) < 4.78 is 13.8. The van der Waals surface area contributed by atoms with Crippen molar-refractivity contribution < 1.29 is 0 Å². The van der Waals surface area contributed by atoms with Crippen LogP contribution in [-0.2, 0) is 0 Å². The maximum atomic E-state index is 4.28. The van der Waals surface area contributed by atoms with E-state index in [1.807, 2.05) is 7.05 Å². The molecule has 0 fully saturated rings. The second kappa shape index (κ2) is 5.07. The molecule has 0 aromatic carbocycles. The molecule has 3 atom stereocenters. The first-order valence-electron chi connectivity index (χ1n) is 2.57. The molecule has 0 aliphatic carbocycles. The molecule has 0 saturated heterocycles. The number of aromatic amines is 3. The van der Waals surface area contributed by atoms with E-state index in [0.29, 0.717) is 17.0 Å². The average Bonchev–Trinajstić information content (AvgIpc) is 1.87. The van der Waals surface area contributed by atoms with E-state index in [4.69, 9.17) is 0 Å². The van der Waals surface area contributed by atoms with Crippen LogP contribution in [0.15, 0.2) is 0 Å². The van der Waals surface area contributed by atoms with E-state index in [1.54, 1.807) is 0 Å². The molecular formula is CH9N5P4. The molecule has 5 nitrogen and oxygen atoms in total. The van der Waals surface area contributed by atoms with E-state index >= 15 is 0 Å². The predicted molar refractivity (Wildman–Crippen MR) is 52.1 cm³/mol. The Hall–Kier alpha value is 0.360. The SMILES string of the molecule is CNp1np[nH][pH][nH][pH][nH]1. The van der Waals surface area contributed by atoms with Crippen molar-refractivity contribution >= 4 is 33.5 Å². The van der Waals surface area contributed by atoms with Crippen LogP contribution in [0.1, 0.15) is 0 Å². The highest BCUT2D eigenvalue weighted by atomic mass is 31.2. The molecule has 0 aliphatic rings. The van der Waals surface area contributed by atoms with Crippen molar-refractivity contribution in [2.24, 2.45) is 0 Å². The Morgan fingerprint density at radius 3 is 3.30 bits per heavy atom. The zero-order valence-electron chi connectivity index (χ0n) is 5.34. The summed E-state index contributed by atoms with van der Waals surface area (Å²) >= 11 is 0. The fourth-order valence-corrected chi connectivity index (χ4v) is 5.01. The Labute approximate surface area is 64.3 Å². The Kier molecular flexibility index (Phi) is 4.29. The van der Waals surface area contributed by atoms with Crippen molar-refractivity contribution in [3.8, 4) is 0 Å². The topological polar surface area (TPSA) is 72.3 Å².